The fourth-order valence-corrected chi connectivity index (χ4v) is 5.04. The van der Waals surface area contributed by atoms with Gasteiger partial charge >= 0.3 is 0 Å². The molecule has 0 aromatic heterocycles. The van der Waals surface area contributed by atoms with Gasteiger partial charge < -0.3 is 9.90 Å². The Hall–Kier alpha value is 0.520. The topological polar surface area (TPSA) is 40.1 Å². The molecule has 0 amide bonds. The lowest BCUT2D eigenvalue weighted by molar-refractivity contribution is -0.304. The monoisotopic (exact) mass is 351 g/mol. The maximum atomic E-state index is 10.6. The van der Waals surface area contributed by atoms with E-state index in [2.05, 4.69) is 19.6 Å². The van der Waals surface area contributed by atoms with Crippen LogP contribution in [0.1, 0.15) is 78.1 Å². The Bertz CT molecular complexity index is 250. The predicted octanol–water partition coefficient (Wildman–Crippen LogP) is 4.73. The van der Waals surface area contributed by atoms with Gasteiger partial charge in [-0.3, -0.25) is 0 Å². The van der Waals surface area contributed by atoms with E-state index in [4.69, 9.17) is 0 Å². The smallest absolute Gasteiger partial charge is 0.0934 e. The minimum absolute atomic E-state index is 0.0384. The number of carboxylic acids is 1. The average Bonchev–Trinajstić information content (AvgIpc) is 2.44. The van der Waals surface area contributed by atoms with Crippen LogP contribution in [-0.2, 0) is 4.79 Å². The summed E-state index contributed by atoms with van der Waals surface area (Å²) in [4.78, 5) is 10.6. The number of carbonyl (C=O) groups excluding carboxylic acids is 1. The highest BCUT2D eigenvalue weighted by atomic mass is 32.3. The standard InChI is InChI=1S/C16H32O2S3/c1-3-4-5-6-7-8-9-10-11-12-13-20-16(19)21-14(2)15(17)18/h14,16,19H,3-13H2,1-2H3,(H,17,18)/p-1. The van der Waals surface area contributed by atoms with Crippen molar-refractivity contribution < 1.29 is 9.90 Å². The van der Waals surface area contributed by atoms with Gasteiger partial charge in [-0.2, -0.15) is 12.6 Å². The van der Waals surface area contributed by atoms with Crippen molar-refractivity contribution in [2.45, 2.75) is 87.2 Å². The van der Waals surface area contributed by atoms with Crippen molar-refractivity contribution >= 4 is 42.1 Å². The van der Waals surface area contributed by atoms with Gasteiger partial charge in [-0.1, -0.05) is 64.7 Å². The van der Waals surface area contributed by atoms with Crippen LogP contribution in [0.3, 0.4) is 0 Å². The van der Waals surface area contributed by atoms with Crippen molar-refractivity contribution in [1.29, 1.82) is 0 Å². The average molecular weight is 352 g/mol. The number of hydrogen-bond donors (Lipinski definition) is 1. The van der Waals surface area contributed by atoms with E-state index in [0.717, 1.165) is 5.75 Å². The van der Waals surface area contributed by atoms with E-state index < -0.39 is 11.2 Å². The SMILES string of the molecule is CCCCCCCCCCCCSC(S)SC(C)C(=O)[O-]. The lowest BCUT2D eigenvalue weighted by Gasteiger charge is -2.16. The first-order valence-corrected chi connectivity index (χ1v) is 10.7. The zero-order valence-corrected chi connectivity index (χ0v) is 16.0. The summed E-state index contributed by atoms with van der Waals surface area (Å²) in [5.41, 5.74) is 0. The minimum atomic E-state index is -1.00. The van der Waals surface area contributed by atoms with Crippen molar-refractivity contribution in [1.82, 2.24) is 0 Å². The first kappa shape index (κ1) is 21.5. The molecule has 0 aliphatic heterocycles. The molecule has 0 fully saturated rings. The number of carboxylic acid groups (broad SMARTS) is 1. The number of thiol groups is 1. The molecule has 0 aliphatic rings. The van der Waals surface area contributed by atoms with Crippen LogP contribution in [0.4, 0.5) is 0 Å². The molecule has 0 aromatic carbocycles. The third kappa shape index (κ3) is 15.2. The second-order valence-electron chi connectivity index (χ2n) is 5.46. The Morgan fingerprint density at radius 3 is 1.95 bits per heavy atom. The number of carbonyl (C=O) groups is 1. The summed E-state index contributed by atoms with van der Waals surface area (Å²) in [5.74, 6) is 0.0656. The molecule has 0 spiro atoms. The molecule has 5 heteroatoms. The Morgan fingerprint density at radius 1 is 1.00 bits per heavy atom. The molecule has 0 aromatic rings. The number of aliphatic carboxylic acids is 1. The van der Waals surface area contributed by atoms with Gasteiger partial charge in [0.2, 0.25) is 0 Å². The van der Waals surface area contributed by atoms with Crippen molar-refractivity contribution in [3.63, 3.8) is 0 Å². The summed E-state index contributed by atoms with van der Waals surface area (Å²) in [6.07, 6.45) is 13.5. The molecule has 0 radical (unpaired) electrons. The summed E-state index contributed by atoms with van der Waals surface area (Å²) in [5, 5.41) is 10.1. The van der Waals surface area contributed by atoms with Crippen LogP contribution in [0.15, 0.2) is 0 Å². The summed E-state index contributed by atoms with van der Waals surface area (Å²) in [6, 6.07) is 0. The lowest BCUT2D eigenvalue weighted by atomic mass is 10.1. The van der Waals surface area contributed by atoms with E-state index in [9.17, 15) is 9.90 Å². The van der Waals surface area contributed by atoms with Crippen molar-refractivity contribution in [3.05, 3.63) is 0 Å². The predicted molar refractivity (Wildman–Crippen MR) is 99.1 cm³/mol. The second kappa shape index (κ2) is 15.4. The maximum absolute atomic E-state index is 10.6. The highest BCUT2D eigenvalue weighted by Crippen LogP contribution is 2.31. The Labute approximate surface area is 145 Å². The van der Waals surface area contributed by atoms with Gasteiger partial charge in [0.1, 0.15) is 0 Å². The molecular weight excluding hydrogens is 320 g/mol. The molecule has 126 valence electrons. The first-order valence-electron chi connectivity index (χ1n) is 8.24. The summed E-state index contributed by atoms with van der Waals surface area (Å²) >= 11 is 7.49. The molecular formula is C16H31O2S3-. The van der Waals surface area contributed by atoms with Crippen LogP contribution in [0.5, 0.6) is 0 Å². The lowest BCUT2D eigenvalue weighted by Crippen LogP contribution is -2.32. The van der Waals surface area contributed by atoms with Gasteiger partial charge in [0, 0.05) is 5.25 Å². The van der Waals surface area contributed by atoms with Crippen LogP contribution in [-0.4, -0.2) is 20.9 Å². The van der Waals surface area contributed by atoms with Crippen LogP contribution in [0.25, 0.3) is 0 Å². The fraction of sp³-hybridized carbons (Fsp3) is 0.938. The Balaban J connectivity index is 3.23. The summed E-state index contributed by atoms with van der Waals surface area (Å²) < 4.78 is 0.0384. The van der Waals surface area contributed by atoms with Crippen LogP contribution in [0, 0.1) is 0 Å². The first-order chi connectivity index (χ1) is 10.1. The highest BCUT2D eigenvalue weighted by molar-refractivity contribution is 8.28. The van der Waals surface area contributed by atoms with Crippen LogP contribution < -0.4 is 5.11 Å². The van der Waals surface area contributed by atoms with Crippen molar-refractivity contribution in [2.24, 2.45) is 0 Å². The Morgan fingerprint density at radius 2 is 1.48 bits per heavy atom. The van der Waals surface area contributed by atoms with E-state index in [1.54, 1.807) is 18.7 Å². The number of hydrogen-bond acceptors (Lipinski definition) is 5. The third-order valence-electron chi connectivity index (χ3n) is 3.41. The molecule has 2 unspecified atom stereocenters. The van der Waals surface area contributed by atoms with Gasteiger partial charge in [-0.15, -0.1) is 23.5 Å². The molecule has 21 heavy (non-hydrogen) atoms. The van der Waals surface area contributed by atoms with E-state index in [1.807, 2.05) is 0 Å². The van der Waals surface area contributed by atoms with Gasteiger partial charge in [-0.05, 0) is 19.1 Å². The molecule has 2 atom stereocenters. The van der Waals surface area contributed by atoms with Crippen LogP contribution >= 0.6 is 36.2 Å². The molecule has 0 rings (SSSR count). The molecule has 0 N–H and O–H groups in total. The van der Waals surface area contributed by atoms with E-state index in [0.29, 0.717) is 0 Å². The molecule has 0 bridgehead atoms. The maximum Gasteiger partial charge on any atom is 0.0934 e. The van der Waals surface area contributed by atoms with Crippen LogP contribution in [0.2, 0.25) is 0 Å². The minimum Gasteiger partial charge on any atom is -0.549 e. The Kier molecular flexibility index (Phi) is 15.8. The zero-order chi connectivity index (χ0) is 15.9. The number of unbranched alkanes of at least 4 members (excludes halogenated alkanes) is 9. The number of thioether (sulfide) groups is 2. The quantitative estimate of drug-likeness (QED) is 0.263. The van der Waals surface area contributed by atoms with E-state index >= 15 is 0 Å². The summed E-state index contributed by atoms with van der Waals surface area (Å²) in [6.45, 7) is 3.91. The molecule has 0 saturated carbocycles. The fourth-order valence-electron chi connectivity index (χ4n) is 2.04. The second-order valence-corrected chi connectivity index (χ2v) is 9.63. The van der Waals surface area contributed by atoms with Gasteiger partial charge in [0.15, 0.2) is 0 Å². The molecule has 2 nitrogen and oxygen atoms in total. The largest absolute Gasteiger partial charge is 0.549 e. The highest BCUT2D eigenvalue weighted by Gasteiger charge is 2.10. The number of rotatable bonds is 15. The van der Waals surface area contributed by atoms with E-state index in [-0.39, 0.29) is 3.91 Å². The van der Waals surface area contributed by atoms with Gasteiger partial charge in [0.05, 0.1) is 9.88 Å². The van der Waals surface area contributed by atoms with Crippen molar-refractivity contribution in [3.8, 4) is 0 Å². The molecule has 0 heterocycles. The van der Waals surface area contributed by atoms with Crippen molar-refractivity contribution in [2.75, 3.05) is 5.75 Å². The normalized spacial score (nSPS) is 14.0. The molecule has 0 aliphatic carbocycles. The zero-order valence-electron chi connectivity index (χ0n) is 13.5. The van der Waals surface area contributed by atoms with Gasteiger partial charge in [0.25, 0.3) is 0 Å². The molecule has 0 saturated heterocycles. The summed E-state index contributed by atoms with van der Waals surface area (Å²) in [7, 11) is 0. The van der Waals surface area contributed by atoms with Gasteiger partial charge in [-0.25, -0.2) is 0 Å². The van der Waals surface area contributed by atoms with E-state index in [1.165, 1.54) is 76.0 Å². The third-order valence-corrected chi connectivity index (χ3v) is 6.61.